The number of rotatable bonds is 4. The Bertz CT molecular complexity index is 220. The zero-order valence-electron chi connectivity index (χ0n) is 9.91. The van der Waals surface area contributed by atoms with Crippen molar-refractivity contribution in [3.63, 3.8) is 0 Å². The van der Waals surface area contributed by atoms with E-state index in [1.165, 1.54) is 0 Å². The molecule has 1 unspecified atom stereocenters. The Morgan fingerprint density at radius 3 is 2.53 bits per heavy atom. The second-order valence-electron chi connectivity index (χ2n) is 4.53. The van der Waals surface area contributed by atoms with E-state index in [1.54, 1.807) is 33.8 Å². The highest BCUT2D eigenvalue weighted by Crippen LogP contribution is 2.07. The number of carbonyl (C=O) groups is 1. The summed E-state index contributed by atoms with van der Waals surface area (Å²) in [6.45, 7) is 10.6. The lowest BCUT2D eigenvalue weighted by Gasteiger charge is -2.23. The van der Waals surface area contributed by atoms with E-state index in [0.717, 1.165) is 0 Å². The van der Waals surface area contributed by atoms with Crippen LogP contribution >= 0.6 is 0 Å². The van der Waals surface area contributed by atoms with Gasteiger partial charge in [-0.15, -0.1) is 6.58 Å². The Labute approximate surface area is 91.3 Å². The molecule has 0 radical (unpaired) electrons. The lowest BCUT2D eigenvalue weighted by Crippen LogP contribution is -2.43. The molecule has 0 heterocycles. The van der Waals surface area contributed by atoms with Gasteiger partial charge in [-0.2, -0.15) is 0 Å². The number of aliphatic hydroxyl groups is 1. The van der Waals surface area contributed by atoms with Crippen LogP contribution in [0.3, 0.4) is 0 Å². The molecule has 2 N–H and O–H groups in total. The molecular formula is C11H21NO3. The molecule has 0 saturated carbocycles. The molecule has 0 aliphatic rings. The molecule has 0 saturated heterocycles. The normalized spacial score (nSPS) is 15.3. The summed E-state index contributed by atoms with van der Waals surface area (Å²) in [5, 5.41) is 12.1. The van der Waals surface area contributed by atoms with Gasteiger partial charge in [-0.25, -0.2) is 4.79 Å². The number of hydrogen-bond donors (Lipinski definition) is 2. The lowest BCUT2D eigenvalue weighted by atomic mass is 10.1. The number of ether oxygens (including phenoxy) is 1. The van der Waals surface area contributed by atoms with Crippen molar-refractivity contribution in [1.82, 2.24) is 5.32 Å². The van der Waals surface area contributed by atoms with Crippen LogP contribution in [0.5, 0.6) is 0 Å². The van der Waals surface area contributed by atoms with Crippen LogP contribution in [0.15, 0.2) is 12.7 Å². The molecule has 15 heavy (non-hydrogen) atoms. The lowest BCUT2D eigenvalue weighted by molar-refractivity contribution is 0.0439. The van der Waals surface area contributed by atoms with Gasteiger partial charge >= 0.3 is 6.09 Å². The van der Waals surface area contributed by atoms with Gasteiger partial charge in [0, 0.05) is 0 Å². The Hall–Kier alpha value is -1.03. The number of alkyl carbamates (subject to hydrolysis) is 1. The number of nitrogens with one attached hydrogen (secondary N) is 1. The maximum absolute atomic E-state index is 11.3. The van der Waals surface area contributed by atoms with Crippen LogP contribution in [-0.2, 0) is 4.74 Å². The summed E-state index contributed by atoms with van der Waals surface area (Å²) in [7, 11) is 0. The van der Waals surface area contributed by atoms with Crippen LogP contribution in [0.25, 0.3) is 0 Å². The topological polar surface area (TPSA) is 58.6 Å². The van der Waals surface area contributed by atoms with E-state index < -0.39 is 17.8 Å². The zero-order valence-corrected chi connectivity index (χ0v) is 9.91. The summed E-state index contributed by atoms with van der Waals surface area (Å²) in [5.74, 6) is 0. The first-order valence-electron chi connectivity index (χ1n) is 5.04. The molecule has 4 nitrogen and oxygen atoms in total. The van der Waals surface area contributed by atoms with Crippen LogP contribution in [0, 0.1) is 0 Å². The number of aliphatic hydroxyl groups excluding tert-OH is 1. The van der Waals surface area contributed by atoms with E-state index in [4.69, 9.17) is 4.74 Å². The fourth-order valence-electron chi connectivity index (χ4n) is 0.965. The number of carbonyl (C=O) groups excluding carboxylic acids is 1. The Morgan fingerprint density at radius 2 is 2.13 bits per heavy atom. The van der Waals surface area contributed by atoms with Crippen molar-refractivity contribution in [1.29, 1.82) is 0 Å². The van der Waals surface area contributed by atoms with Crippen LogP contribution in [0.1, 0.15) is 34.1 Å². The summed E-state index contributed by atoms with van der Waals surface area (Å²) >= 11 is 0. The number of hydrogen-bond acceptors (Lipinski definition) is 3. The summed E-state index contributed by atoms with van der Waals surface area (Å²) in [4.78, 5) is 11.3. The van der Waals surface area contributed by atoms with Crippen molar-refractivity contribution in [3.8, 4) is 0 Å². The smallest absolute Gasteiger partial charge is 0.407 e. The van der Waals surface area contributed by atoms with E-state index in [0.29, 0.717) is 6.42 Å². The summed E-state index contributed by atoms with van der Waals surface area (Å²) in [6, 6.07) is -0.349. The Morgan fingerprint density at radius 1 is 1.60 bits per heavy atom. The monoisotopic (exact) mass is 215 g/mol. The minimum absolute atomic E-state index is 0.349. The first-order valence-corrected chi connectivity index (χ1v) is 5.04. The largest absolute Gasteiger partial charge is 0.444 e. The van der Waals surface area contributed by atoms with Crippen LogP contribution in [-0.4, -0.2) is 28.9 Å². The molecule has 0 aliphatic heterocycles. The molecule has 0 fully saturated rings. The molecule has 0 spiro atoms. The van der Waals surface area contributed by atoms with E-state index in [-0.39, 0.29) is 6.04 Å². The van der Waals surface area contributed by atoms with Gasteiger partial charge in [-0.1, -0.05) is 6.08 Å². The Kier molecular flexibility index (Phi) is 5.36. The first kappa shape index (κ1) is 14.0. The van der Waals surface area contributed by atoms with E-state index in [2.05, 4.69) is 11.9 Å². The highest BCUT2D eigenvalue weighted by Gasteiger charge is 2.20. The fourth-order valence-corrected chi connectivity index (χ4v) is 0.965. The third-order valence-corrected chi connectivity index (χ3v) is 1.73. The summed E-state index contributed by atoms with van der Waals surface area (Å²) < 4.78 is 5.05. The molecule has 0 rings (SSSR count). The van der Waals surface area contributed by atoms with Crippen molar-refractivity contribution >= 4 is 6.09 Å². The average Bonchev–Trinajstić information content (AvgIpc) is 2.00. The second kappa shape index (κ2) is 5.75. The molecule has 0 bridgehead atoms. The zero-order chi connectivity index (χ0) is 12.1. The molecule has 0 aliphatic carbocycles. The van der Waals surface area contributed by atoms with Crippen molar-refractivity contribution in [2.75, 3.05) is 0 Å². The highest BCUT2D eigenvalue weighted by molar-refractivity contribution is 5.68. The molecular weight excluding hydrogens is 194 g/mol. The van der Waals surface area contributed by atoms with Gasteiger partial charge in [-0.05, 0) is 34.1 Å². The Balaban J connectivity index is 4.01. The van der Waals surface area contributed by atoms with Gasteiger partial charge in [0.1, 0.15) is 5.60 Å². The fraction of sp³-hybridized carbons (Fsp3) is 0.727. The molecule has 0 aromatic heterocycles. The average molecular weight is 215 g/mol. The standard InChI is InChI=1S/C11H21NO3/c1-6-7-9(13)8(2)12-10(14)15-11(3,4)5/h6,8-9,13H,1,7H2,2-5H3,(H,12,14)/t8-,9?/m0/s1. The maximum Gasteiger partial charge on any atom is 0.407 e. The second-order valence-corrected chi connectivity index (χ2v) is 4.53. The van der Waals surface area contributed by atoms with Crippen LogP contribution in [0.2, 0.25) is 0 Å². The third-order valence-electron chi connectivity index (χ3n) is 1.73. The van der Waals surface area contributed by atoms with Crippen LogP contribution < -0.4 is 5.32 Å². The molecule has 0 aromatic carbocycles. The van der Waals surface area contributed by atoms with Gasteiger partial charge in [0.15, 0.2) is 0 Å². The van der Waals surface area contributed by atoms with Crippen molar-refractivity contribution in [2.45, 2.75) is 51.9 Å². The summed E-state index contributed by atoms with van der Waals surface area (Å²) in [6.07, 6.45) is 0.905. The minimum Gasteiger partial charge on any atom is -0.444 e. The number of amides is 1. The SMILES string of the molecule is C=CCC(O)[C@H](C)NC(=O)OC(C)(C)C. The maximum atomic E-state index is 11.3. The van der Waals surface area contributed by atoms with Crippen molar-refractivity contribution in [2.24, 2.45) is 0 Å². The van der Waals surface area contributed by atoms with Gasteiger partial charge in [0.05, 0.1) is 12.1 Å². The predicted octanol–water partition coefficient (Wildman–Crippen LogP) is 1.84. The molecule has 0 aromatic rings. The minimum atomic E-state index is -0.630. The van der Waals surface area contributed by atoms with Crippen molar-refractivity contribution in [3.05, 3.63) is 12.7 Å². The van der Waals surface area contributed by atoms with Crippen LogP contribution in [0.4, 0.5) is 4.79 Å². The van der Waals surface area contributed by atoms with Gasteiger partial charge < -0.3 is 15.2 Å². The van der Waals surface area contributed by atoms with E-state index in [1.807, 2.05) is 0 Å². The van der Waals surface area contributed by atoms with Crippen molar-refractivity contribution < 1.29 is 14.6 Å². The third kappa shape index (κ3) is 6.96. The van der Waals surface area contributed by atoms with E-state index in [9.17, 15) is 9.90 Å². The highest BCUT2D eigenvalue weighted by atomic mass is 16.6. The first-order chi connectivity index (χ1) is 6.76. The quantitative estimate of drug-likeness (QED) is 0.703. The molecule has 1 amide bonds. The molecule has 88 valence electrons. The van der Waals surface area contributed by atoms with E-state index >= 15 is 0 Å². The predicted molar refractivity (Wildman–Crippen MR) is 59.7 cm³/mol. The summed E-state index contributed by atoms with van der Waals surface area (Å²) in [5.41, 5.74) is -0.521. The van der Waals surface area contributed by atoms with Gasteiger partial charge in [-0.3, -0.25) is 0 Å². The molecule has 2 atom stereocenters. The van der Waals surface area contributed by atoms with Gasteiger partial charge in [0.25, 0.3) is 0 Å². The molecule has 4 heteroatoms. The van der Waals surface area contributed by atoms with Gasteiger partial charge in [0.2, 0.25) is 0 Å².